The Labute approximate surface area is 64.4 Å². The van der Waals surface area contributed by atoms with Crippen LogP contribution in [-0.4, -0.2) is 17.4 Å². The van der Waals surface area contributed by atoms with E-state index in [2.05, 4.69) is 15.9 Å². The molecular weight excluding hydrogens is 211 g/mol. The van der Waals surface area contributed by atoms with Crippen LogP contribution >= 0.6 is 27.5 Å². The Morgan fingerprint density at radius 2 is 2.11 bits per heavy atom. The largest absolute Gasteiger partial charge is 0.477 e. The zero-order chi connectivity index (χ0) is 7.44. The standard InChI is InChI=1S/C4H2BrClO3/c5-3(4(8)9)2(6)1-7/h1H,(H,8,9)/b3-2+. The van der Waals surface area contributed by atoms with Crippen molar-refractivity contribution in [3.05, 3.63) is 9.51 Å². The van der Waals surface area contributed by atoms with Gasteiger partial charge in [0.2, 0.25) is 0 Å². The van der Waals surface area contributed by atoms with Crippen LogP contribution in [0.1, 0.15) is 0 Å². The van der Waals surface area contributed by atoms with Gasteiger partial charge < -0.3 is 5.11 Å². The lowest BCUT2D eigenvalue weighted by Crippen LogP contribution is -1.95. The van der Waals surface area contributed by atoms with Crippen molar-refractivity contribution in [1.82, 2.24) is 0 Å². The third-order valence-electron chi connectivity index (χ3n) is 0.501. The van der Waals surface area contributed by atoms with E-state index in [4.69, 9.17) is 16.7 Å². The monoisotopic (exact) mass is 212 g/mol. The van der Waals surface area contributed by atoms with Gasteiger partial charge in [-0.05, 0) is 15.9 Å². The zero-order valence-electron chi connectivity index (χ0n) is 4.10. The maximum atomic E-state index is 9.95. The number of aliphatic carboxylic acids is 1. The average Bonchev–Trinajstić information content (AvgIpc) is 1.84. The number of allylic oxidation sites excluding steroid dienone is 1. The van der Waals surface area contributed by atoms with Crippen molar-refractivity contribution < 1.29 is 14.7 Å². The smallest absolute Gasteiger partial charge is 0.344 e. The Balaban J connectivity index is 4.47. The fourth-order valence-corrected chi connectivity index (χ4v) is 0.328. The van der Waals surface area contributed by atoms with Gasteiger partial charge in [-0.15, -0.1) is 0 Å². The molecule has 0 atom stereocenters. The molecule has 0 radical (unpaired) electrons. The predicted molar refractivity (Wildman–Crippen MR) is 35.5 cm³/mol. The molecule has 0 saturated heterocycles. The molecule has 0 aromatic heterocycles. The van der Waals surface area contributed by atoms with Gasteiger partial charge in [-0.2, -0.15) is 0 Å². The Morgan fingerprint density at radius 3 is 2.22 bits per heavy atom. The molecule has 0 bridgehead atoms. The van der Waals surface area contributed by atoms with Crippen LogP contribution in [0.3, 0.4) is 0 Å². The molecule has 1 N–H and O–H groups in total. The highest BCUT2D eigenvalue weighted by atomic mass is 79.9. The third kappa shape index (κ3) is 2.62. The molecule has 9 heavy (non-hydrogen) atoms. The molecule has 3 nitrogen and oxygen atoms in total. The number of rotatable bonds is 2. The molecule has 0 aliphatic carbocycles. The highest BCUT2D eigenvalue weighted by Crippen LogP contribution is 2.13. The van der Waals surface area contributed by atoms with Crippen molar-refractivity contribution >= 4 is 39.8 Å². The molecule has 0 aliphatic heterocycles. The molecule has 0 saturated carbocycles. The topological polar surface area (TPSA) is 54.4 Å². The van der Waals surface area contributed by atoms with Crippen LogP contribution in [-0.2, 0) is 9.59 Å². The van der Waals surface area contributed by atoms with Crippen LogP contribution in [0.15, 0.2) is 9.51 Å². The van der Waals surface area contributed by atoms with Gasteiger partial charge in [-0.1, -0.05) is 11.6 Å². The third-order valence-corrected chi connectivity index (χ3v) is 1.77. The first-order valence-electron chi connectivity index (χ1n) is 1.83. The average molecular weight is 213 g/mol. The van der Waals surface area contributed by atoms with Crippen LogP contribution in [0, 0.1) is 0 Å². The molecule has 0 heterocycles. The zero-order valence-corrected chi connectivity index (χ0v) is 6.44. The van der Waals surface area contributed by atoms with Crippen LogP contribution in [0.25, 0.3) is 0 Å². The lowest BCUT2D eigenvalue weighted by atomic mass is 10.5. The molecule has 0 aliphatic rings. The summed E-state index contributed by atoms with van der Waals surface area (Å²) in [6.07, 6.45) is 0.250. The van der Waals surface area contributed by atoms with Gasteiger partial charge in [0.1, 0.15) is 9.51 Å². The van der Waals surface area contributed by atoms with Crippen molar-refractivity contribution in [2.45, 2.75) is 0 Å². The Kier molecular flexibility index (Phi) is 3.49. The van der Waals surface area contributed by atoms with Gasteiger partial charge in [0.25, 0.3) is 0 Å². The van der Waals surface area contributed by atoms with Gasteiger partial charge in [0, 0.05) is 0 Å². The maximum Gasteiger partial charge on any atom is 0.344 e. The highest BCUT2D eigenvalue weighted by Gasteiger charge is 2.06. The molecule has 0 amide bonds. The lowest BCUT2D eigenvalue weighted by molar-refractivity contribution is -0.131. The van der Waals surface area contributed by atoms with Crippen molar-refractivity contribution in [3.8, 4) is 0 Å². The quantitative estimate of drug-likeness (QED) is 0.552. The summed E-state index contributed by atoms with van der Waals surface area (Å²) in [5.41, 5.74) is 0. The fourth-order valence-electron chi connectivity index (χ4n) is 0.154. The predicted octanol–water partition coefficient (Wildman–Crippen LogP) is 1.12. The Morgan fingerprint density at radius 1 is 1.67 bits per heavy atom. The van der Waals surface area contributed by atoms with Crippen LogP contribution in [0.4, 0.5) is 0 Å². The molecule has 50 valence electrons. The van der Waals surface area contributed by atoms with Crippen LogP contribution in [0.5, 0.6) is 0 Å². The van der Waals surface area contributed by atoms with Gasteiger partial charge in [-0.25, -0.2) is 4.79 Å². The Hall–Kier alpha value is -0.350. The van der Waals surface area contributed by atoms with Crippen molar-refractivity contribution in [2.75, 3.05) is 0 Å². The van der Waals surface area contributed by atoms with E-state index in [1.807, 2.05) is 0 Å². The summed E-state index contributed by atoms with van der Waals surface area (Å²) in [5.74, 6) is -1.26. The summed E-state index contributed by atoms with van der Waals surface area (Å²) < 4.78 is -0.320. The molecule has 0 spiro atoms. The Bertz CT molecular complexity index is 175. The second-order valence-electron chi connectivity index (χ2n) is 1.08. The number of hydrogen-bond acceptors (Lipinski definition) is 2. The van der Waals surface area contributed by atoms with Crippen LogP contribution in [0.2, 0.25) is 0 Å². The van der Waals surface area contributed by atoms with E-state index in [9.17, 15) is 9.59 Å². The van der Waals surface area contributed by atoms with Crippen molar-refractivity contribution in [2.24, 2.45) is 0 Å². The second kappa shape index (κ2) is 3.63. The van der Waals surface area contributed by atoms with Gasteiger partial charge >= 0.3 is 5.97 Å². The minimum absolute atomic E-state index is 0.250. The van der Waals surface area contributed by atoms with Crippen LogP contribution < -0.4 is 0 Å². The van der Waals surface area contributed by atoms with Gasteiger partial charge in [0.15, 0.2) is 6.29 Å². The summed E-state index contributed by atoms with van der Waals surface area (Å²) in [5, 5.41) is 7.79. The van der Waals surface area contributed by atoms with E-state index in [1.165, 1.54) is 0 Å². The minimum Gasteiger partial charge on any atom is -0.477 e. The SMILES string of the molecule is O=C/C(Cl)=C(\Br)C(=O)O. The number of carbonyl (C=O) groups is 2. The van der Waals surface area contributed by atoms with Crippen molar-refractivity contribution in [1.29, 1.82) is 0 Å². The molecule has 0 unspecified atom stereocenters. The highest BCUT2D eigenvalue weighted by molar-refractivity contribution is 9.12. The summed E-state index contributed by atoms with van der Waals surface area (Å²) in [7, 11) is 0. The number of hydrogen-bond donors (Lipinski definition) is 1. The van der Waals surface area contributed by atoms with E-state index in [-0.39, 0.29) is 15.8 Å². The molecule has 0 rings (SSSR count). The normalized spacial score (nSPS) is 12.2. The molecule has 0 fully saturated rings. The molecule has 0 aromatic carbocycles. The minimum atomic E-state index is -1.26. The first kappa shape index (κ1) is 8.65. The molecule has 0 aromatic rings. The lowest BCUT2D eigenvalue weighted by Gasteiger charge is -1.87. The summed E-state index contributed by atoms with van der Waals surface area (Å²) in [6, 6.07) is 0. The van der Waals surface area contributed by atoms with E-state index >= 15 is 0 Å². The molecular formula is C4H2BrClO3. The maximum absolute atomic E-state index is 9.95. The van der Waals surface area contributed by atoms with Crippen molar-refractivity contribution in [3.63, 3.8) is 0 Å². The number of carboxylic acid groups (broad SMARTS) is 1. The first-order valence-corrected chi connectivity index (χ1v) is 3.00. The second-order valence-corrected chi connectivity index (χ2v) is 2.29. The fraction of sp³-hybridized carbons (Fsp3) is 0. The number of aldehydes is 1. The summed E-state index contributed by atoms with van der Waals surface area (Å²) in [4.78, 5) is 19.7. The first-order chi connectivity index (χ1) is 4.09. The summed E-state index contributed by atoms with van der Waals surface area (Å²) in [6.45, 7) is 0. The molecule has 5 heteroatoms. The van der Waals surface area contributed by atoms with E-state index in [0.717, 1.165) is 0 Å². The van der Waals surface area contributed by atoms with Gasteiger partial charge in [-0.3, -0.25) is 4.79 Å². The van der Waals surface area contributed by atoms with E-state index in [1.54, 1.807) is 0 Å². The number of halogens is 2. The van der Waals surface area contributed by atoms with E-state index in [0.29, 0.717) is 0 Å². The van der Waals surface area contributed by atoms with E-state index < -0.39 is 5.97 Å². The van der Waals surface area contributed by atoms with Gasteiger partial charge in [0.05, 0.1) is 0 Å². The number of carbonyl (C=O) groups excluding carboxylic acids is 1. The number of carboxylic acids is 1. The summed E-state index contributed by atoms with van der Waals surface area (Å²) >= 11 is 7.68.